The molecule has 4 rings (SSSR count). The van der Waals surface area contributed by atoms with Crippen LogP contribution in [0.15, 0.2) is 90.3 Å². The highest BCUT2D eigenvalue weighted by atomic mass is 32.1. The summed E-state index contributed by atoms with van der Waals surface area (Å²) in [6, 6.07) is 26.9. The first-order valence-electron chi connectivity index (χ1n) is 9.39. The van der Waals surface area contributed by atoms with Crippen molar-refractivity contribution in [3.05, 3.63) is 101 Å². The monoisotopic (exact) mass is 413 g/mol. The van der Waals surface area contributed by atoms with Gasteiger partial charge in [-0.2, -0.15) is 0 Å². The molecule has 4 nitrogen and oxygen atoms in total. The maximum atomic E-state index is 12.8. The van der Waals surface area contributed by atoms with Crippen molar-refractivity contribution in [3.63, 3.8) is 0 Å². The van der Waals surface area contributed by atoms with E-state index >= 15 is 0 Å². The van der Waals surface area contributed by atoms with E-state index in [9.17, 15) is 9.59 Å². The van der Waals surface area contributed by atoms with Crippen molar-refractivity contribution in [2.75, 3.05) is 12.4 Å². The summed E-state index contributed by atoms with van der Waals surface area (Å²) in [5.74, 6) is -0.758. The lowest BCUT2D eigenvalue weighted by Crippen LogP contribution is -2.14. The predicted octanol–water partition coefficient (Wildman–Crippen LogP) is 6.12. The number of carbonyl (C=O) groups excluding carboxylic acids is 2. The molecule has 4 aromatic rings. The van der Waals surface area contributed by atoms with E-state index in [-0.39, 0.29) is 5.91 Å². The van der Waals surface area contributed by atoms with E-state index in [0.717, 1.165) is 22.3 Å². The number of rotatable bonds is 5. The van der Waals surface area contributed by atoms with Crippen LogP contribution in [0.25, 0.3) is 22.3 Å². The van der Waals surface area contributed by atoms with Gasteiger partial charge in [0.2, 0.25) is 0 Å². The number of hydrogen-bond donors (Lipinski definition) is 1. The predicted molar refractivity (Wildman–Crippen MR) is 121 cm³/mol. The van der Waals surface area contributed by atoms with E-state index < -0.39 is 5.97 Å². The molecule has 0 aliphatic rings. The van der Waals surface area contributed by atoms with Crippen molar-refractivity contribution >= 4 is 28.2 Å². The van der Waals surface area contributed by atoms with E-state index in [4.69, 9.17) is 4.74 Å². The van der Waals surface area contributed by atoms with E-state index in [1.54, 1.807) is 12.1 Å². The Labute approximate surface area is 178 Å². The van der Waals surface area contributed by atoms with Gasteiger partial charge in [-0.25, -0.2) is 4.79 Å². The molecule has 0 aliphatic heterocycles. The molecule has 0 atom stereocenters. The van der Waals surface area contributed by atoms with Crippen molar-refractivity contribution in [3.8, 4) is 22.3 Å². The molecule has 0 radical (unpaired) electrons. The number of esters is 1. The second-order valence-corrected chi connectivity index (χ2v) is 7.49. The van der Waals surface area contributed by atoms with Crippen LogP contribution in [0.3, 0.4) is 0 Å². The second kappa shape index (κ2) is 8.76. The lowest BCUT2D eigenvalue weighted by molar-refractivity contribution is 0.0603. The summed E-state index contributed by atoms with van der Waals surface area (Å²) < 4.78 is 4.97. The topological polar surface area (TPSA) is 55.4 Å². The van der Waals surface area contributed by atoms with Crippen molar-refractivity contribution in [2.45, 2.75) is 0 Å². The lowest BCUT2D eigenvalue weighted by atomic mass is 10.0. The molecular weight excluding hydrogens is 394 g/mol. The molecule has 0 saturated heterocycles. The summed E-state index contributed by atoms with van der Waals surface area (Å²) in [5.41, 5.74) is 4.63. The van der Waals surface area contributed by atoms with Crippen molar-refractivity contribution < 1.29 is 14.3 Å². The Kier molecular flexibility index (Phi) is 5.72. The highest BCUT2D eigenvalue weighted by Crippen LogP contribution is 2.36. The number of carbonyl (C=O) groups is 2. The van der Waals surface area contributed by atoms with E-state index in [1.165, 1.54) is 18.4 Å². The Balaban J connectivity index is 1.60. The Bertz CT molecular complexity index is 1170. The van der Waals surface area contributed by atoms with Gasteiger partial charge >= 0.3 is 5.97 Å². The quantitative estimate of drug-likeness (QED) is 0.401. The van der Waals surface area contributed by atoms with Crippen LogP contribution in [0, 0.1) is 0 Å². The number of thiophene rings is 1. The first-order valence-corrected chi connectivity index (χ1v) is 10.3. The number of anilines is 1. The fourth-order valence-corrected chi connectivity index (χ4v) is 4.16. The summed E-state index contributed by atoms with van der Waals surface area (Å²) in [6.45, 7) is 0. The molecule has 30 heavy (non-hydrogen) atoms. The van der Waals surface area contributed by atoms with Gasteiger partial charge in [-0.1, -0.05) is 72.8 Å². The minimum absolute atomic E-state index is 0.277. The summed E-state index contributed by atoms with van der Waals surface area (Å²) in [5, 5.41) is 5.20. The summed E-state index contributed by atoms with van der Waals surface area (Å²) >= 11 is 1.30. The van der Waals surface area contributed by atoms with Gasteiger partial charge in [-0.15, -0.1) is 11.3 Å². The Morgan fingerprint density at radius 3 is 1.93 bits per heavy atom. The highest BCUT2D eigenvalue weighted by Gasteiger charge is 2.22. The van der Waals surface area contributed by atoms with Crippen molar-refractivity contribution in [2.24, 2.45) is 0 Å². The van der Waals surface area contributed by atoms with Gasteiger partial charge in [0.15, 0.2) is 0 Å². The molecule has 1 heterocycles. The molecule has 0 aliphatic carbocycles. The number of amides is 1. The molecule has 0 fully saturated rings. The van der Waals surface area contributed by atoms with Crippen LogP contribution in [0.5, 0.6) is 0 Å². The highest BCUT2D eigenvalue weighted by molar-refractivity contribution is 7.15. The maximum absolute atomic E-state index is 12.8. The molecule has 1 amide bonds. The van der Waals surface area contributed by atoms with Gasteiger partial charge in [-0.05, 0) is 28.8 Å². The molecule has 148 valence electrons. The number of ether oxygens (including phenoxy) is 1. The van der Waals surface area contributed by atoms with E-state index in [2.05, 4.69) is 5.32 Å². The first-order chi connectivity index (χ1) is 14.7. The largest absolute Gasteiger partial charge is 0.465 e. The van der Waals surface area contributed by atoms with Gasteiger partial charge in [-0.3, -0.25) is 4.79 Å². The van der Waals surface area contributed by atoms with Crippen LogP contribution in [0.2, 0.25) is 0 Å². The van der Waals surface area contributed by atoms with Crippen molar-refractivity contribution in [1.82, 2.24) is 0 Å². The minimum Gasteiger partial charge on any atom is -0.465 e. The van der Waals surface area contributed by atoms with E-state index in [1.807, 2.05) is 78.2 Å². The Morgan fingerprint density at radius 1 is 0.767 bits per heavy atom. The summed E-state index contributed by atoms with van der Waals surface area (Å²) in [6.07, 6.45) is 0. The van der Waals surface area contributed by atoms with Crippen LogP contribution in [-0.4, -0.2) is 19.0 Å². The van der Waals surface area contributed by atoms with Crippen LogP contribution in [0.4, 0.5) is 5.00 Å². The number of methoxy groups -OCH3 is 1. The molecule has 5 heteroatoms. The zero-order valence-electron chi connectivity index (χ0n) is 16.3. The standard InChI is InChI=1S/C25H19NO3S/c1-29-25(28)22-21(19-10-6-3-7-11-19)16-30-24(22)26-23(27)20-14-12-18(13-15-20)17-8-4-2-5-9-17/h2-16H,1H3,(H,26,27). The fourth-order valence-electron chi connectivity index (χ4n) is 3.20. The SMILES string of the molecule is COC(=O)c1c(-c2ccccc2)csc1NC(=O)c1ccc(-c2ccccc2)cc1. The van der Waals surface area contributed by atoms with Crippen LogP contribution in [0.1, 0.15) is 20.7 Å². The van der Waals surface area contributed by atoms with Gasteiger partial charge in [0.25, 0.3) is 5.91 Å². The summed E-state index contributed by atoms with van der Waals surface area (Å²) in [4.78, 5) is 25.3. The molecule has 3 aromatic carbocycles. The third-order valence-corrected chi connectivity index (χ3v) is 5.64. The average molecular weight is 413 g/mol. The van der Waals surface area contributed by atoms with E-state index in [0.29, 0.717) is 16.1 Å². The number of nitrogens with one attached hydrogen (secondary N) is 1. The zero-order chi connectivity index (χ0) is 20.9. The molecule has 0 bridgehead atoms. The Morgan fingerprint density at radius 2 is 1.33 bits per heavy atom. The third kappa shape index (κ3) is 4.02. The summed E-state index contributed by atoms with van der Waals surface area (Å²) in [7, 11) is 1.34. The van der Waals surface area contributed by atoms with Gasteiger partial charge in [0.1, 0.15) is 10.6 Å². The minimum atomic E-state index is -0.482. The molecule has 1 aromatic heterocycles. The van der Waals surface area contributed by atoms with Crippen LogP contribution >= 0.6 is 11.3 Å². The van der Waals surface area contributed by atoms with Crippen LogP contribution in [-0.2, 0) is 4.74 Å². The molecule has 0 saturated carbocycles. The first kappa shape index (κ1) is 19.6. The number of benzene rings is 3. The number of hydrogen-bond acceptors (Lipinski definition) is 4. The maximum Gasteiger partial charge on any atom is 0.341 e. The normalized spacial score (nSPS) is 10.4. The molecule has 0 spiro atoms. The Hall–Kier alpha value is -3.70. The van der Waals surface area contributed by atoms with Gasteiger partial charge in [0, 0.05) is 16.5 Å². The van der Waals surface area contributed by atoms with Crippen LogP contribution < -0.4 is 5.32 Å². The molecule has 0 unspecified atom stereocenters. The molecule has 1 N–H and O–H groups in total. The van der Waals surface area contributed by atoms with Crippen molar-refractivity contribution in [1.29, 1.82) is 0 Å². The second-order valence-electron chi connectivity index (χ2n) is 6.61. The zero-order valence-corrected chi connectivity index (χ0v) is 17.1. The van der Waals surface area contributed by atoms with Gasteiger partial charge in [0.05, 0.1) is 7.11 Å². The lowest BCUT2D eigenvalue weighted by Gasteiger charge is -2.08. The third-order valence-electron chi connectivity index (χ3n) is 4.75. The average Bonchev–Trinajstić information content (AvgIpc) is 3.23. The fraction of sp³-hybridized carbons (Fsp3) is 0.0400. The molecular formula is C25H19NO3S. The van der Waals surface area contributed by atoms with Gasteiger partial charge < -0.3 is 10.1 Å². The smallest absolute Gasteiger partial charge is 0.341 e.